The third-order valence-corrected chi connectivity index (χ3v) is 7.60. The minimum absolute atomic E-state index is 0.567. The highest BCUT2D eigenvalue weighted by Crippen LogP contribution is 2.38. The molecule has 2 fully saturated rings. The Kier molecular flexibility index (Phi) is 6.44. The molecule has 2 heteroatoms. The first-order chi connectivity index (χ1) is 13.8. The summed E-state index contributed by atoms with van der Waals surface area (Å²) in [5.74, 6) is 4.27. The van der Waals surface area contributed by atoms with Gasteiger partial charge in [-0.1, -0.05) is 51.0 Å². The maximum Gasteiger partial charge on any atom is 0.131 e. The number of nitrogens with zero attached hydrogens (tertiary/aromatic N) is 2. The van der Waals surface area contributed by atoms with Crippen LogP contribution < -0.4 is 0 Å². The predicted octanol–water partition coefficient (Wildman–Crippen LogP) is 7.51. The average molecular weight is 377 g/mol. The zero-order valence-electron chi connectivity index (χ0n) is 17.7. The fourth-order valence-electron chi connectivity index (χ4n) is 5.38. The molecule has 2 aromatic rings. The fourth-order valence-corrected chi connectivity index (χ4v) is 5.38. The van der Waals surface area contributed by atoms with E-state index in [2.05, 4.69) is 38.1 Å². The molecule has 0 amide bonds. The van der Waals surface area contributed by atoms with Crippen LogP contribution in [0.25, 0.3) is 11.1 Å². The quantitative estimate of drug-likeness (QED) is 0.539. The molecule has 2 aliphatic carbocycles. The molecule has 0 spiro atoms. The summed E-state index contributed by atoms with van der Waals surface area (Å²) in [6.45, 7) is 4.65. The Hall–Kier alpha value is -1.70. The van der Waals surface area contributed by atoms with Crippen LogP contribution in [0.15, 0.2) is 36.7 Å². The molecule has 28 heavy (non-hydrogen) atoms. The standard InChI is InChI=1S/C26H36N2/c1-3-19-5-9-21(10-6-19)22-13-15-23(16-14-22)25-17-27-26(28-18-25)24-11-7-20(4-2)8-12-24/h13-21,24H,3-12H2,1-2H3. The molecule has 0 atom stereocenters. The predicted molar refractivity (Wildman–Crippen MR) is 117 cm³/mol. The minimum atomic E-state index is 0.567. The van der Waals surface area contributed by atoms with Gasteiger partial charge in [0.05, 0.1) is 0 Å². The summed E-state index contributed by atoms with van der Waals surface area (Å²) in [6, 6.07) is 9.22. The van der Waals surface area contributed by atoms with Crippen LogP contribution in [0.2, 0.25) is 0 Å². The van der Waals surface area contributed by atoms with Gasteiger partial charge in [-0.25, -0.2) is 9.97 Å². The molecule has 0 bridgehead atoms. The Morgan fingerprint density at radius 2 is 1.14 bits per heavy atom. The Morgan fingerprint density at radius 1 is 0.643 bits per heavy atom. The first-order valence-corrected chi connectivity index (χ1v) is 11.7. The first-order valence-electron chi connectivity index (χ1n) is 11.7. The molecule has 2 nitrogen and oxygen atoms in total. The SMILES string of the molecule is CCC1CCC(c2ccc(-c3cnc(C4CCC(CC)CC4)nc3)cc2)CC1. The minimum Gasteiger partial charge on any atom is -0.240 e. The Balaban J connectivity index is 1.38. The highest BCUT2D eigenvalue weighted by Gasteiger charge is 2.23. The molecule has 2 aliphatic rings. The van der Waals surface area contributed by atoms with E-state index in [0.717, 1.165) is 29.1 Å². The monoisotopic (exact) mass is 376 g/mol. The molecule has 4 rings (SSSR count). The molecule has 0 aliphatic heterocycles. The zero-order valence-corrected chi connectivity index (χ0v) is 17.7. The zero-order chi connectivity index (χ0) is 19.3. The van der Waals surface area contributed by atoms with Crippen molar-refractivity contribution in [1.82, 2.24) is 9.97 Å². The van der Waals surface area contributed by atoms with Crippen molar-refractivity contribution in [3.8, 4) is 11.1 Å². The largest absolute Gasteiger partial charge is 0.240 e. The molecule has 0 radical (unpaired) electrons. The highest BCUT2D eigenvalue weighted by atomic mass is 14.9. The summed E-state index contributed by atoms with van der Waals surface area (Å²) in [5, 5.41) is 0. The summed E-state index contributed by atoms with van der Waals surface area (Å²) in [5.41, 5.74) is 3.91. The van der Waals surface area contributed by atoms with Crippen LogP contribution in [0.3, 0.4) is 0 Å². The van der Waals surface area contributed by atoms with Gasteiger partial charge in [-0.05, 0) is 80.2 Å². The van der Waals surface area contributed by atoms with Gasteiger partial charge < -0.3 is 0 Å². The molecule has 0 N–H and O–H groups in total. The summed E-state index contributed by atoms with van der Waals surface area (Å²) in [7, 11) is 0. The van der Waals surface area contributed by atoms with E-state index in [1.54, 1.807) is 0 Å². The van der Waals surface area contributed by atoms with Gasteiger partial charge in [-0.15, -0.1) is 0 Å². The molecular formula is C26H36N2. The van der Waals surface area contributed by atoms with Crippen molar-refractivity contribution in [2.45, 2.75) is 89.9 Å². The van der Waals surface area contributed by atoms with E-state index in [1.807, 2.05) is 12.4 Å². The Morgan fingerprint density at radius 3 is 1.64 bits per heavy atom. The third kappa shape index (κ3) is 4.47. The van der Waals surface area contributed by atoms with Crippen LogP contribution in [-0.2, 0) is 0 Å². The molecule has 150 valence electrons. The van der Waals surface area contributed by atoms with E-state index in [0.29, 0.717) is 5.92 Å². The smallest absolute Gasteiger partial charge is 0.131 e. The van der Waals surface area contributed by atoms with Gasteiger partial charge in [0.1, 0.15) is 5.82 Å². The van der Waals surface area contributed by atoms with E-state index in [4.69, 9.17) is 9.97 Å². The topological polar surface area (TPSA) is 25.8 Å². The van der Waals surface area contributed by atoms with E-state index < -0.39 is 0 Å². The lowest BCUT2D eigenvalue weighted by Gasteiger charge is -2.28. The second-order valence-electron chi connectivity index (χ2n) is 9.20. The highest BCUT2D eigenvalue weighted by molar-refractivity contribution is 5.61. The van der Waals surface area contributed by atoms with E-state index >= 15 is 0 Å². The van der Waals surface area contributed by atoms with Crippen molar-refractivity contribution in [1.29, 1.82) is 0 Å². The average Bonchev–Trinajstić information content (AvgIpc) is 2.79. The van der Waals surface area contributed by atoms with Crippen LogP contribution in [0.5, 0.6) is 0 Å². The lowest BCUT2D eigenvalue weighted by molar-refractivity contribution is 0.312. The third-order valence-electron chi connectivity index (χ3n) is 7.60. The Labute approximate surface area is 171 Å². The first kappa shape index (κ1) is 19.6. The van der Waals surface area contributed by atoms with Crippen LogP contribution >= 0.6 is 0 Å². The summed E-state index contributed by atoms with van der Waals surface area (Å²) >= 11 is 0. The van der Waals surface area contributed by atoms with E-state index in [1.165, 1.54) is 75.3 Å². The maximum atomic E-state index is 4.75. The summed E-state index contributed by atoms with van der Waals surface area (Å²) < 4.78 is 0. The van der Waals surface area contributed by atoms with Crippen molar-refractivity contribution in [3.05, 3.63) is 48.0 Å². The van der Waals surface area contributed by atoms with Gasteiger partial charge in [0.15, 0.2) is 0 Å². The van der Waals surface area contributed by atoms with Gasteiger partial charge in [-0.3, -0.25) is 0 Å². The van der Waals surface area contributed by atoms with Crippen molar-refractivity contribution in [2.75, 3.05) is 0 Å². The van der Waals surface area contributed by atoms with Crippen molar-refractivity contribution in [3.63, 3.8) is 0 Å². The molecule has 2 saturated carbocycles. The van der Waals surface area contributed by atoms with Crippen molar-refractivity contribution >= 4 is 0 Å². The number of benzene rings is 1. The van der Waals surface area contributed by atoms with Gasteiger partial charge >= 0.3 is 0 Å². The van der Waals surface area contributed by atoms with Crippen LogP contribution in [-0.4, -0.2) is 9.97 Å². The normalized spacial score (nSPS) is 28.2. The second-order valence-corrected chi connectivity index (χ2v) is 9.20. The number of hydrogen-bond donors (Lipinski definition) is 0. The van der Waals surface area contributed by atoms with Gasteiger partial charge in [0.2, 0.25) is 0 Å². The van der Waals surface area contributed by atoms with Crippen molar-refractivity contribution < 1.29 is 0 Å². The van der Waals surface area contributed by atoms with Crippen LogP contribution in [0.4, 0.5) is 0 Å². The molecule has 1 heterocycles. The second kappa shape index (κ2) is 9.20. The van der Waals surface area contributed by atoms with Crippen molar-refractivity contribution in [2.24, 2.45) is 11.8 Å². The number of aromatic nitrogens is 2. The van der Waals surface area contributed by atoms with Crippen LogP contribution in [0.1, 0.15) is 101 Å². The molecule has 1 aromatic heterocycles. The molecular weight excluding hydrogens is 340 g/mol. The van der Waals surface area contributed by atoms with Gasteiger partial charge in [0.25, 0.3) is 0 Å². The summed E-state index contributed by atoms with van der Waals surface area (Å²) in [4.78, 5) is 9.50. The fraction of sp³-hybridized carbons (Fsp3) is 0.615. The maximum absolute atomic E-state index is 4.75. The molecule has 0 saturated heterocycles. The van der Waals surface area contributed by atoms with E-state index in [-0.39, 0.29) is 0 Å². The Bertz CT molecular complexity index is 653. The molecule has 1 aromatic carbocycles. The summed E-state index contributed by atoms with van der Waals surface area (Å²) in [6.07, 6.45) is 17.5. The number of hydrogen-bond acceptors (Lipinski definition) is 2. The lowest BCUT2D eigenvalue weighted by atomic mass is 9.78. The van der Waals surface area contributed by atoms with Gasteiger partial charge in [-0.2, -0.15) is 0 Å². The number of rotatable bonds is 5. The van der Waals surface area contributed by atoms with E-state index in [9.17, 15) is 0 Å². The lowest BCUT2D eigenvalue weighted by Crippen LogP contribution is -2.14. The van der Waals surface area contributed by atoms with Crippen LogP contribution in [0, 0.1) is 11.8 Å². The van der Waals surface area contributed by atoms with Gasteiger partial charge in [0, 0.05) is 23.9 Å². The molecule has 0 unspecified atom stereocenters.